The Kier molecular flexibility index (Phi) is 1.32. The predicted octanol–water partition coefficient (Wildman–Crippen LogP) is 0.359. The molecule has 0 aromatic heterocycles. The van der Waals surface area contributed by atoms with Crippen molar-refractivity contribution in [3.63, 3.8) is 0 Å². The number of amidine groups is 1. The normalized spacial score (nSPS) is 16.8. The van der Waals surface area contributed by atoms with E-state index in [1.807, 2.05) is 0 Å². The number of nitrogens with zero attached hydrogens (tertiary/aromatic N) is 1. The van der Waals surface area contributed by atoms with E-state index >= 15 is 0 Å². The van der Waals surface area contributed by atoms with E-state index in [0.29, 0.717) is 0 Å². The van der Waals surface area contributed by atoms with Crippen LogP contribution < -0.4 is 5.73 Å². The van der Waals surface area contributed by atoms with Gasteiger partial charge in [0.05, 0.1) is 6.26 Å². The third-order valence-corrected chi connectivity index (χ3v) is 0.666. The van der Waals surface area contributed by atoms with Crippen molar-refractivity contribution in [1.82, 2.24) is 0 Å². The summed E-state index contributed by atoms with van der Waals surface area (Å²) in [5, 5.41) is 0. The summed E-state index contributed by atoms with van der Waals surface area (Å²) in [5.74, 6) is 0. The van der Waals surface area contributed by atoms with Crippen LogP contribution in [-0.4, -0.2) is 6.02 Å². The van der Waals surface area contributed by atoms with Crippen molar-refractivity contribution < 1.29 is 4.74 Å². The van der Waals surface area contributed by atoms with E-state index in [9.17, 15) is 0 Å². The van der Waals surface area contributed by atoms with E-state index in [4.69, 9.17) is 5.73 Å². The Balaban J connectivity index is 2.69. The average Bonchev–Trinajstić information content (AvgIpc) is 1.94. The van der Waals surface area contributed by atoms with Gasteiger partial charge >= 0.3 is 0 Å². The lowest BCUT2D eigenvalue weighted by atomic mass is 10.6. The molecule has 42 valence electrons. The zero-order chi connectivity index (χ0) is 5.82. The minimum absolute atomic E-state index is 0.176. The third-order valence-electron chi connectivity index (χ3n) is 0.666. The fourth-order valence-corrected chi connectivity index (χ4v) is 0.351. The van der Waals surface area contributed by atoms with Crippen LogP contribution in [0.5, 0.6) is 0 Å². The molecule has 0 bridgehead atoms. The van der Waals surface area contributed by atoms with E-state index in [1.54, 1.807) is 18.4 Å². The molecule has 0 aromatic rings. The first-order valence-electron chi connectivity index (χ1n) is 2.21. The van der Waals surface area contributed by atoms with Crippen LogP contribution in [0.1, 0.15) is 0 Å². The van der Waals surface area contributed by atoms with Gasteiger partial charge in [0.25, 0.3) is 6.02 Å². The highest BCUT2D eigenvalue weighted by Gasteiger charge is 1.85. The first-order chi connectivity index (χ1) is 3.89. The Hall–Kier alpha value is -1.25. The SMILES string of the molecule is NC1=NC=CC=CO1. The maximum atomic E-state index is 5.16. The molecule has 0 saturated heterocycles. The van der Waals surface area contributed by atoms with Gasteiger partial charge in [0, 0.05) is 6.20 Å². The van der Waals surface area contributed by atoms with Gasteiger partial charge in [-0.3, -0.25) is 0 Å². The summed E-state index contributed by atoms with van der Waals surface area (Å²) < 4.78 is 4.69. The number of aliphatic imine (C=N–C) groups is 1. The maximum Gasteiger partial charge on any atom is 0.291 e. The summed E-state index contributed by atoms with van der Waals surface area (Å²) in [6.45, 7) is 0. The molecule has 0 aliphatic carbocycles. The lowest BCUT2D eigenvalue weighted by molar-refractivity contribution is 0.466. The van der Waals surface area contributed by atoms with Crippen LogP contribution in [-0.2, 0) is 4.74 Å². The molecule has 0 spiro atoms. The number of allylic oxidation sites excluding steroid dienone is 2. The standard InChI is InChI=1S/C5H6N2O/c6-5-7-3-1-2-4-8-5/h1-4H,(H2,6,7). The van der Waals surface area contributed by atoms with Crippen LogP contribution in [0.25, 0.3) is 0 Å². The third kappa shape index (κ3) is 1.11. The van der Waals surface area contributed by atoms with Gasteiger partial charge in [-0.25, -0.2) is 4.99 Å². The van der Waals surface area contributed by atoms with Gasteiger partial charge in [0.15, 0.2) is 0 Å². The molecule has 0 unspecified atom stereocenters. The molecule has 0 amide bonds. The van der Waals surface area contributed by atoms with Crippen LogP contribution in [0.15, 0.2) is 29.6 Å². The van der Waals surface area contributed by atoms with Gasteiger partial charge in [-0.15, -0.1) is 0 Å². The molecule has 0 radical (unpaired) electrons. The Morgan fingerprint density at radius 2 is 2.38 bits per heavy atom. The second-order valence-electron chi connectivity index (χ2n) is 1.26. The molecule has 1 aliphatic rings. The van der Waals surface area contributed by atoms with Crippen LogP contribution >= 0.6 is 0 Å². The zero-order valence-corrected chi connectivity index (χ0v) is 4.24. The van der Waals surface area contributed by atoms with Crippen molar-refractivity contribution in [2.75, 3.05) is 0 Å². The number of hydrogen-bond acceptors (Lipinski definition) is 3. The number of ether oxygens (including phenoxy) is 1. The van der Waals surface area contributed by atoms with E-state index in [-0.39, 0.29) is 6.02 Å². The van der Waals surface area contributed by atoms with Gasteiger partial charge < -0.3 is 10.5 Å². The highest BCUT2D eigenvalue weighted by atomic mass is 16.5. The van der Waals surface area contributed by atoms with E-state index in [0.717, 1.165) is 0 Å². The summed E-state index contributed by atoms with van der Waals surface area (Å²) >= 11 is 0. The smallest absolute Gasteiger partial charge is 0.291 e. The number of nitrogens with two attached hydrogens (primary N) is 1. The number of rotatable bonds is 0. The van der Waals surface area contributed by atoms with Crippen molar-refractivity contribution in [3.05, 3.63) is 24.6 Å². The summed E-state index contributed by atoms with van der Waals surface area (Å²) in [4.78, 5) is 3.65. The molecule has 3 nitrogen and oxygen atoms in total. The molecule has 1 rings (SSSR count). The van der Waals surface area contributed by atoms with Crippen molar-refractivity contribution >= 4 is 6.02 Å². The molecule has 2 N–H and O–H groups in total. The first-order valence-corrected chi connectivity index (χ1v) is 2.21. The summed E-state index contributed by atoms with van der Waals surface area (Å²) in [5.41, 5.74) is 5.16. The predicted molar refractivity (Wildman–Crippen MR) is 31.0 cm³/mol. The zero-order valence-electron chi connectivity index (χ0n) is 4.24. The lowest BCUT2D eigenvalue weighted by Gasteiger charge is -1.90. The molecule has 8 heavy (non-hydrogen) atoms. The van der Waals surface area contributed by atoms with E-state index in [1.165, 1.54) is 6.26 Å². The Bertz CT molecular complexity index is 158. The Labute approximate surface area is 47.2 Å². The highest BCUT2D eigenvalue weighted by Crippen LogP contribution is 1.87. The van der Waals surface area contributed by atoms with E-state index < -0.39 is 0 Å². The fourth-order valence-electron chi connectivity index (χ4n) is 0.351. The van der Waals surface area contributed by atoms with Crippen LogP contribution in [0.4, 0.5) is 0 Å². The summed E-state index contributed by atoms with van der Waals surface area (Å²) in [6, 6.07) is 0.176. The summed E-state index contributed by atoms with van der Waals surface area (Å²) in [7, 11) is 0. The van der Waals surface area contributed by atoms with Gasteiger partial charge in [0.2, 0.25) is 0 Å². The van der Waals surface area contributed by atoms with Crippen LogP contribution in [0.2, 0.25) is 0 Å². The molecular formula is C5H6N2O. The monoisotopic (exact) mass is 110 g/mol. The van der Waals surface area contributed by atoms with Crippen molar-refractivity contribution in [2.45, 2.75) is 0 Å². The second kappa shape index (κ2) is 2.16. The quantitative estimate of drug-likeness (QED) is 0.489. The molecule has 0 fully saturated rings. The van der Waals surface area contributed by atoms with Crippen molar-refractivity contribution in [1.29, 1.82) is 0 Å². The lowest BCUT2D eigenvalue weighted by Crippen LogP contribution is -2.11. The van der Waals surface area contributed by atoms with Crippen LogP contribution in [0.3, 0.4) is 0 Å². The maximum absolute atomic E-state index is 5.16. The largest absolute Gasteiger partial charge is 0.434 e. The first kappa shape index (κ1) is 4.90. The molecule has 0 atom stereocenters. The molecule has 0 saturated carbocycles. The van der Waals surface area contributed by atoms with Gasteiger partial charge in [-0.1, -0.05) is 0 Å². The van der Waals surface area contributed by atoms with Crippen molar-refractivity contribution in [2.24, 2.45) is 10.7 Å². The van der Waals surface area contributed by atoms with Gasteiger partial charge in [0.1, 0.15) is 0 Å². The van der Waals surface area contributed by atoms with Gasteiger partial charge in [-0.2, -0.15) is 0 Å². The Morgan fingerprint density at radius 3 is 3.25 bits per heavy atom. The van der Waals surface area contributed by atoms with E-state index in [2.05, 4.69) is 9.73 Å². The highest BCUT2D eigenvalue weighted by molar-refractivity contribution is 5.72. The minimum Gasteiger partial charge on any atom is -0.434 e. The molecular weight excluding hydrogens is 104 g/mol. The second-order valence-corrected chi connectivity index (χ2v) is 1.26. The van der Waals surface area contributed by atoms with Gasteiger partial charge in [-0.05, 0) is 12.2 Å². The topological polar surface area (TPSA) is 47.6 Å². The average molecular weight is 110 g/mol. The molecule has 1 heterocycles. The Morgan fingerprint density at radius 1 is 1.50 bits per heavy atom. The minimum atomic E-state index is 0.176. The van der Waals surface area contributed by atoms with Crippen molar-refractivity contribution in [3.8, 4) is 0 Å². The molecule has 3 heteroatoms. The molecule has 0 aromatic carbocycles. The fraction of sp³-hybridized carbons (Fsp3) is 0. The number of hydrogen-bond donors (Lipinski definition) is 1. The van der Waals surface area contributed by atoms with Crippen LogP contribution in [0, 0.1) is 0 Å². The summed E-state index contributed by atoms with van der Waals surface area (Å²) in [6.07, 6.45) is 6.49. The molecule has 1 aliphatic heterocycles.